The largest absolute Gasteiger partial charge is 0.384 e. The summed E-state index contributed by atoms with van der Waals surface area (Å²) in [7, 11) is 2.15. The van der Waals surface area contributed by atoms with Crippen LogP contribution < -0.4 is 11.1 Å². The molecule has 1 fully saturated rings. The molecule has 4 heterocycles. The lowest BCUT2D eigenvalue weighted by Gasteiger charge is -2.15. The molecule has 1 aliphatic rings. The molecule has 1 unspecified atom stereocenters. The minimum absolute atomic E-state index is 0.465. The second kappa shape index (κ2) is 5.26. The third-order valence-corrected chi connectivity index (χ3v) is 5.21. The summed E-state index contributed by atoms with van der Waals surface area (Å²) in [4.78, 5) is 7.92. The van der Waals surface area contributed by atoms with Gasteiger partial charge in [-0.1, -0.05) is 0 Å². The average molecular weight is 314 g/mol. The molecule has 0 bridgehead atoms. The van der Waals surface area contributed by atoms with E-state index in [0.717, 1.165) is 46.0 Å². The summed E-state index contributed by atoms with van der Waals surface area (Å²) in [6.07, 6.45) is 2.91. The number of likely N-dealkylation sites (N-methyl/N-ethyl adjacent to an activating group) is 1. The van der Waals surface area contributed by atoms with Crippen molar-refractivity contribution in [3.8, 4) is 10.6 Å². The Hall–Kier alpha value is -2.12. The number of H-pyrrole nitrogens is 1. The standard InChI is InChI=1S/C15H18N6S/c1-21-5-3-9(8-21)18-12-7-14(16)19-11-6-13(22-15(11)12)10-2-4-17-20-10/h2,4,6-7,9H,3,5,8H2,1H3,(H,17,20)(H3,16,18,19). The maximum atomic E-state index is 5.98. The van der Waals surface area contributed by atoms with Crippen LogP contribution >= 0.6 is 11.3 Å². The van der Waals surface area contributed by atoms with E-state index in [1.54, 1.807) is 17.5 Å². The maximum Gasteiger partial charge on any atom is 0.126 e. The Morgan fingerprint density at radius 1 is 1.45 bits per heavy atom. The fourth-order valence-corrected chi connectivity index (χ4v) is 4.00. The van der Waals surface area contributed by atoms with Crippen molar-refractivity contribution in [2.75, 3.05) is 31.2 Å². The highest BCUT2D eigenvalue weighted by Gasteiger charge is 2.21. The summed E-state index contributed by atoms with van der Waals surface area (Å²) in [5.74, 6) is 0.551. The van der Waals surface area contributed by atoms with Crippen LogP contribution in [0.1, 0.15) is 6.42 Å². The first-order chi connectivity index (χ1) is 10.7. The number of anilines is 2. The van der Waals surface area contributed by atoms with E-state index in [1.165, 1.54) is 0 Å². The Kier molecular flexibility index (Phi) is 3.24. The zero-order valence-corrected chi connectivity index (χ0v) is 13.2. The fraction of sp³-hybridized carbons (Fsp3) is 0.333. The Labute approximate surface area is 132 Å². The van der Waals surface area contributed by atoms with Gasteiger partial charge in [-0.2, -0.15) is 5.10 Å². The third kappa shape index (κ3) is 2.42. The summed E-state index contributed by atoms with van der Waals surface area (Å²) in [6.45, 7) is 2.19. The zero-order valence-electron chi connectivity index (χ0n) is 12.3. The Morgan fingerprint density at radius 3 is 3.09 bits per heavy atom. The molecule has 22 heavy (non-hydrogen) atoms. The smallest absolute Gasteiger partial charge is 0.126 e. The van der Waals surface area contributed by atoms with Gasteiger partial charge in [0.15, 0.2) is 0 Å². The van der Waals surface area contributed by atoms with Crippen molar-refractivity contribution < 1.29 is 0 Å². The third-order valence-electron chi connectivity index (χ3n) is 4.02. The summed E-state index contributed by atoms with van der Waals surface area (Å²) >= 11 is 1.71. The lowest BCUT2D eigenvalue weighted by molar-refractivity contribution is 0.414. The molecule has 0 amide bonds. The quantitative estimate of drug-likeness (QED) is 0.691. The lowest BCUT2D eigenvalue weighted by Crippen LogP contribution is -2.23. The molecule has 0 saturated carbocycles. The first kappa shape index (κ1) is 13.5. The van der Waals surface area contributed by atoms with Crippen LogP contribution in [0.5, 0.6) is 0 Å². The molecule has 3 aromatic heterocycles. The Bertz CT molecular complexity index is 794. The number of nitrogen functional groups attached to an aromatic ring is 1. The Balaban J connectivity index is 1.73. The zero-order chi connectivity index (χ0) is 15.1. The molecule has 114 valence electrons. The number of fused-ring (bicyclic) bond motifs is 1. The lowest BCUT2D eigenvalue weighted by atomic mass is 10.2. The van der Waals surface area contributed by atoms with Gasteiger partial charge in [-0.3, -0.25) is 5.10 Å². The number of pyridine rings is 1. The van der Waals surface area contributed by atoms with E-state index < -0.39 is 0 Å². The van der Waals surface area contributed by atoms with Gasteiger partial charge in [-0.15, -0.1) is 11.3 Å². The van der Waals surface area contributed by atoms with E-state index >= 15 is 0 Å². The number of aromatic nitrogens is 3. The molecule has 1 aliphatic heterocycles. The molecule has 0 spiro atoms. The van der Waals surface area contributed by atoms with Gasteiger partial charge in [-0.05, 0) is 32.1 Å². The van der Waals surface area contributed by atoms with Gasteiger partial charge in [0.05, 0.1) is 26.5 Å². The van der Waals surface area contributed by atoms with Crippen LogP contribution in [0.4, 0.5) is 11.5 Å². The average Bonchev–Trinajstić information content (AvgIpc) is 3.18. The molecule has 3 aromatic rings. The van der Waals surface area contributed by atoms with Crippen LogP contribution in [0.15, 0.2) is 24.4 Å². The predicted molar refractivity (Wildman–Crippen MR) is 91.1 cm³/mol. The van der Waals surface area contributed by atoms with Crippen LogP contribution in [-0.2, 0) is 0 Å². The first-order valence-corrected chi connectivity index (χ1v) is 8.15. The molecule has 0 aliphatic carbocycles. The number of rotatable bonds is 3. The minimum Gasteiger partial charge on any atom is -0.384 e. The molecule has 4 rings (SSSR count). The van der Waals surface area contributed by atoms with Crippen LogP contribution in [0.3, 0.4) is 0 Å². The van der Waals surface area contributed by atoms with Gasteiger partial charge >= 0.3 is 0 Å². The van der Waals surface area contributed by atoms with Gasteiger partial charge in [0.2, 0.25) is 0 Å². The van der Waals surface area contributed by atoms with Gasteiger partial charge < -0.3 is 16.0 Å². The van der Waals surface area contributed by atoms with Crippen molar-refractivity contribution in [3.05, 3.63) is 24.4 Å². The Morgan fingerprint density at radius 2 is 2.36 bits per heavy atom. The molecular weight excluding hydrogens is 296 g/mol. The van der Waals surface area contributed by atoms with Crippen molar-refractivity contribution >= 4 is 33.1 Å². The van der Waals surface area contributed by atoms with Gasteiger partial charge in [0, 0.05) is 24.8 Å². The summed E-state index contributed by atoms with van der Waals surface area (Å²) in [5.41, 5.74) is 9.00. The number of nitrogens with two attached hydrogens (primary N) is 1. The molecule has 1 saturated heterocycles. The molecular formula is C15H18N6S. The van der Waals surface area contributed by atoms with Crippen LogP contribution in [0.25, 0.3) is 20.8 Å². The van der Waals surface area contributed by atoms with Crippen LogP contribution in [0.2, 0.25) is 0 Å². The maximum absolute atomic E-state index is 5.98. The highest BCUT2D eigenvalue weighted by Crippen LogP contribution is 2.37. The van der Waals surface area contributed by atoms with Gasteiger partial charge in [0.1, 0.15) is 5.82 Å². The van der Waals surface area contributed by atoms with E-state index in [1.807, 2.05) is 12.1 Å². The van der Waals surface area contributed by atoms with Crippen molar-refractivity contribution in [2.45, 2.75) is 12.5 Å². The number of hydrogen-bond donors (Lipinski definition) is 3. The second-order valence-corrected chi connectivity index (χ2v) is 6.83. The van der Waals surface area contributed by atoms with Crippen molar-refractivity contribution in [2.24, 2.45) is 0 Å². The van der Waals surface area contributed by atoms with E-state index in [0.29, 0.717) is 11.9 Å². The van der Waals surface area contributed by atoms with Crippen molar-refractivity contribution in [1.82, 2.24) is 20.1 Å². The molecule has 4 N–H and O–H groups in total. The van der Waals surface area contributed by atoms with Gasteiger partial charge in [0.25, 0.3) is 0 Å². The molecule has 0 aromatic carbocycles. The van der Waals surface area contributed by atoms with E-state index in [-0.39, 0.29) is 0 Å². The fourth-order valence-electron chi connectivity index (χ4n) is 2.95. The monoisotopic (exact) mass is 314 g/mol. The molecule has 6 nitrogen and oxygen atoms in total. The predicted octanol–water partition coefficient (Wildman–Crippen LogP) is 2.38. The van der Waals surface area contributed by atoms with Crippen LogP contribution in [0, 0.1) is 0 Å². The van der Waals surface area contributed by atoms with Crippen molar-refractivity contribution in [1.29, 1.82) is 0 Å². The highest BCUT2D eigenvalue weighted by molar-refractivity contribution is 7.22. The van der Waals surface area contributed by atoms with E-state index in [4.69, 9.17) is 5.73 Å². The number of nitrogens with zero attached hydrogens (tertiary/aromatic N) is 3. The highest BCUT2D eigenvalue weighted by atomic mass is 32.1. The normalized spacial score (nSPS) is 19.0. The number of hydrogen-bond acceptors (Lipinski definition) is 6. The minimum atomic E-state index is 0.465. The SMILES string of the molecule is CN1CCC(Nc2cc(N)nc3cc(-c4ccn[nH]4)sc23)C1. The van der Waals surface area contributed by atoms with Crippen LogP contribution in [-0.4, -0.2) is 46.3 Å². The molecule has 0 radical (unpaired) electrons. The van der Waals surface area contributed by atoms with Gasteiger partial charge in [-0.25, -0.2) is 4.98 Å². The summed E-state index contributed by atoms with van der Waals surface area (Å²) in [6, 6.07) is 6.43. The number of aromatic amines is 1. The number of likely N-dealkylation sites (tertiary alicyclic amines) is 1. The molecule has 1 atom stereocenters. The first-order valence-electron chi connectivity index (χ1n) is 7.34. The number of nitrogens with one attached hydrogen (secondary N) is 2. The topological polar surface area (TPSA) is 82.9 Å². The summed E-state index contributed by atoms with van der Waals surface area (Å²) in [5, 5.41) is 10.7. The van der Waals surface area contributed by atoms with E-state index in [2.05, 4.69) is 38.5 Å². The van der Waals surface area contributed by atoms with Crippen molar-refractivity contribution in [3.63, 3.8) is 0 Å². The second-order valence-electron chi connectivity index (χ2n) is 5.78. The molecule has 7 heteroatoms. The number of thiophene rings is 1. The van der Waals surface area contributed by atoms with E-state index in [9.17, 15) is 0 Å². The summed E-state index contributed by atoms with van der Waals surface area (Å²) < 4.78 is 1.15.